The largest absolute Gasteiger partial charge is 0.298 e. The molecule has 1 saturated heterocycles. The van der Waals surface area contributed by atoms with E-state index in [1.165, 1.54) is 11.2 Å². The summed E-state index contributed by atoms with van der Waals surface area (Å²) in [6, 6.07) is 6.53. The third kappa shape index (κ3) is 2.64. The minimum atomic E-state index is -3.62. The number of ketones is 1. The fourth-order valence-electron chi connectivity index (χ4n) is 2.83. The SMILES string of the molecule is CC(=O)[C@@]1(C)[C@@H](CC(C)C)N1S(=O)(=O)c1ccc(C)cc1. The molecule has 0 bridgehead atoms. The van der Waals surface area contributed by atoms with Crippen molar-refractivity contribution in [1.82, 2.24) is 4.31 Å². The van der Waals surface area contributed by atoms with Crippen LogP contribution in [0.4, 0.5) is 0 Å². The average molecular weight is 309 g/mol. The van der Waals surface area contributed by atoms with E-state index < -0.39 is 15.6 Å². The Morgan fingerprint density at radius 3 is 2.24 bits per heavy atom. The van der Waals surface area contributed by atoms with Crippen molar-refractivity contribution in [2.75, 3.05) is 0 Å². The molecule has 1 unspecified atom stereocenters. The highest BCUT2D eigenvalue weighted by Gasteiger charge is 2.68. The first-order valence-electron chi connectivity index (χ1n) is 7.24. The van der Waals surface area contributed by atoms with Gasteiger partial charge in [0.05, 0.1) is 10.9 Å². The van der Waals surface area contributed by atoms with Gasteiger partial charge in [-0.2, -0.15) is 4.31 Å². The van der Waals surface area contributed by atoms with E-state index in [9.17, 15) is 13.2 Å². The summed E-state index contributed by atoms with van der Waals surface area (Å²) >= 11 is 0. The van der Waals surface area contributed by atoms with Crippen LogP contribution in [-0.4, -0.2) is 30.1 Å². The zero-order valence-electron chi connectivity index (χ0n) is 13.3. The summed E-state index contributed by atoms with van der Waals surface area (Å²) in [4.78, 5) is 12.2. The third-order valence-electron chi connectivity index (χ3n) is 4.31. The molecule has 1 fully saturated rings. The molecule has 0 spiro atoms. The van der Waals surface area contributed by atoms with Crippen LogP contribution in [0.15, 0.2) is 29.2 Å². The van der Waals surface area contributed by atoms with Crippen LogP contribution < -0.4 is 0 Å². The van der Waals surface area contributed by atoms with Crippen molar-refractivity contribution in [2.24, 2.45) is 5.92 Å². The molecule has 1 aliphatic heterocycles. The Bertz CT molecular complexity index is 649. The first-order valence-corrected chi connectivity index (χ1v) is 8.68. The number of carbonyl (C=O) groups excluding carboxylic acids is 1. The second kappa shape index (κ2) is 5.21. The number of hydrogen-bond donors (Lipinski definition) is 0. The molecule has 0 saturated carbocycles. The van der Waals surface area contributed by atoms with Crippen molar-refractivity contribution in [3.63, 3.8) is 0 Å². The molecule has 1 aromatic rings. The van der Waals surface area contributed by atoms with E-state index in [0.29, 0.717) is 12.3 Å². The Balaban J connectivity index is 2.39. The Morgan fingerprint density at radius 1 is 1.29 bits per heavy atom. The van der Waals surface area contributed by atoms with E-state index in [2.05, 4.69) is 0 Å². The lowest BCUT2D eigenvalue weighted by Crippen LogP contribution is -2.27. The number of nitrogens with zero attached hydrogens (tertiary/aromatic N) is 1. The number of hydrogen-bond acceptors (Lipinski definition) is 3. The van der Waals surface area contributed by atoms with Crippen LogP contribution in [0.25, 0.3) is 0 Å². The van der Waals surface area contributed by atoms with Gasteiger partial charge in [-0.05, 0) is 45.2 Å². The molecule has 0 aromatic heterocycles. The predicted octanol–water partition coefficient (Wildman–Crippen LogP) is 2.76. The van der Waals surface area contributed by atoms with Gasteiger partial charge in [0.15, 0.2) is 5.78 Å². The highest BCUT2D eigenvalue weighted by Crippen LogP contribution is 2.49. The summed E-state index contributed by atoms with van der Waals surface area (Å²) in [6.07, 6.45) is 0.696. The van der Waals surface area contributed by atoms with Crippen LogP contribution in [0.1, 0.15) is 39.7 Å². The molecular formula is C16H23NO3S. The minimum absolute atomic E-state index is 0.0937. The lowest BCUT2D eigenvalue weighted by molar-refractivity contribution is -0.119. The summed E-state index contributed by atoms with van der Waals surface area (Å²) < 4.78 is 27.0. The maximum atomic E-state index is 12.8. The summed E-state index contributed by atoms with van der Waals surface area (Å²) in [5.74, 6) is 0.246. The van der Waals surface area contributed by atoms with E-state index in [1.807, 2.05) is 20.8 Å². The van der Waals surface area contributed by atoms with Gasteiger partial charge in [0.25, 0.3) is 0 Å². The molecule has 1 heterocycles. The molecule has 3 atom stereocenters. The standard InChI is InChI=1S/C16H23NO3S/c1-11(2)10-15-16(5,13(4)18)17(15)21(19,20)14-8-6-12(3)7-9-14/h6-9,11,15H,10H2,1-5H3/t15-,16+,17?/m1/s1. The Morgan fingerprint density at radius 2 is 1.81 bits per heavy atom. The van der Waals surface area contributed by atoms with Crippen LogP contribution in [0.2, 0.25) is 0 Å². The van der Waals surface area contributed by atoms with Gasteiger partial charge in [0.2, 0.25) is 10.0 Å². The average Bonchev–Trinajstić information content (AvgIpc) is 2.96. The molecule has 1 aliphatic rings. The first kappa shape index (κ1) is 16.2. The number of rotatable bonds is 5. The number of sulfonamides is 1. The molecular weight excluding hydrogens is 286 g/mol. The van der Waals surface area contributed by atoms with E-state index >= 15 is 0 Å². The van der Waals surface area contributed by atoms with Gasteiger partial charge in [-0.3, -0.25) is 4.79 Å². The zero-order valence-corrected chi connectivity index (χ0v) is 14.1. The normalized spacial score (nSPS) is 28.7. The highest BCUT2D eigenvalue weighted by molar-refractivity contribution is 7.89. The zero-order chi connectivity index (χ0) is 16.0. The van der Waals surface area contributed by atoms with Crippen molar-refractivity contribution < 1.29 is 13.2 Å². The van der Waals surface area contributed by atoms with Gasteiger partial charge >= 0.3 is 0 Å². The quantitative estimate of drug-likeness (QED) is 0.786. The second-order valence-corrected chi connectivity index (χ2v) is 8.28. The fourth-order valence-corrected chi connectivity index (χ4v) is 4.86. The predicted molar refractivity (Wildman–Crippen MR) is 82.5 cm³/mol. The number of aryl methyl sites for hydroxylation is 1. The maximum absolute atomic E-state index is 12.8. The van der Waals surface area contributed by atoms with Crippen LogP contribution in [-0.2, 0) is 14.8 Å². The highest BCUT2D eigenvalue weighted by atomic mass is 32.2. The Hall–Kier alpha value is -1.20. The molecule has 0 amide bonds. The van der Waals surface area contributed by atoms with Crippen molar-refractivity contribution in [1.29, 1.82) is 0 Å². The van der Waals surface area contributed by atoms with E-state index in [-0.39, 0.29) is 16.7 Å². The minimum Gasteiger partial charge on any atom is -0.298 e. The van der Waals surface area contributed by atoms with Crippen molar-refractivity contribution >= 4 is 15.8 Å². The molecule has 0 aliphatic carbocycles. The molecule has 4 nitrogen and oxygen atoms in total. The number of benzene rings is 1. The lowest BCUT2D eigenvalue weighted by atomic mass is 9.97. The molecule has 1 aromatic carbocycles. The monoisotopic (exact) mass is 309 g/mol. The topological polar surface area (TPSA) is 54.2 Å². The molecule has 0 radical (unpaired) electrons. The fraction of sp³-hybridized carbons (Fsp3) is 0.562. The van der Waals surface area contributed by atoms with Gasteiger partial charge in [-0.1, -0.05) is 31.5 Å². The summed E-state index contributed by atoms with van der Waals surface area (Å²) in [5, 5.41) is 0. The summed E-state index contributed by atoms with van der Waals surface area (Å²) in [6.45, 7) is 9.19. The van der Waals surface area contributed by atoms with E-state index in [4.69, 9.17) is 0 Å². The molecule has 5 heteroatoms. The van der Waals surface area contributed by atoms with Gasteiger partial charge in [0.1, 0.15) is 5.54 Å². The van der Waals surface area contributed by atoms with E-state index in [0.717, 1.165) is 5.56 Å². The van der Waals surface area contributed by atoms with Gasteiger partial charge in [-0.25, -0.2) is 8.42 Å². The van der Waals surface area contributed by atoms with Crippen molar-refractivity contribution in [2.45, 2.75) is 57.5 Å². The number of carbonyl (C=O) groups is 1. The van der Waals surface area contributed by atoms with Gasteiger partial charge in [-0.15, -0.1) is 0 Å². The summed E-state index contributed by atoms with van der Waals surface area (Å²) in [7, 11) is -3.62. The van der Waals surface area contributed by atoms with Gasteiger partial charge < -0.3 is 0 Å². The van der Waals surface area contributed by atoms with Crippen molar-refractivity contribution in [3.8, 4) is 0 Å². The smallest absolute Gasteiger partial charge is 0.244 e. The van der Waals surface area contributed by atoms with Crippen molar-refractivity contribution in [3.05, 3.63) is 29.8 Å². The second-order valence-electron chi connectivity index (χ2n) is 6.46. The van der Waals surface area contributed by atoms with E-state index in [1.54, 1.807) is 31.2 Å². The van der Waals surface area contributed by atoms with Crippen LogP contribution in [0.5, 0.6) is 0 Å². The Kier molecular flexibility index (Phi) is 4.02. The first-order chi connectivity index (χ1) is 9.61. The van der Waals surface area contributed by atoms with Crippen LogP contribution in [0.3, 0.4) is 0 Å². The summed E-state index contributed by atoms with van der Waals surface area (Å²) in [5.41, 5.74) is 0.112. The molecule has 21 heavy (non-hydrogen) atoms. The Labute approximate surface area is 127 Å². The van der Waals surface area contributed by atoms with Crippen LogP contribution in [0, 0.1) is 12.8 Å². The molecule has 0 N–H and O–H groups in total. The third-order valence-corrected chi connectivity index (χ3v) is 6.33. The maximum Gasteiger partial charge on any atom is 0.244 e. The molecule has 2 rings (SSSR count). The van der Waals surface area contributed by atoms with Gasteiger partial charge in [0, 0.05) is 0 Å². The lowest BCUT2D eigenvalue weighted by Gasteiger charge is -2.10. The van der Waals surface area contributed by atoms with Crippen LogP contribution >= 0.6 is 0 Å². The molecule has 116 valence electrons. The number of Topliss-reactive ketones (excluding diaryl/α,β-unsaturated/α-hetero) is 1.